The van der Waals surface area contributed by atoms with Gasteiger partial charge < -0.3 is 5.73 Å². The topological polar surface area (TPSA) is 49.9 Å². The van der Waals surface area contributed by atoms with Crippen LogP contribution in [0.15, 0.2) is 57.9 Å². The van der Waals surface area contributed by atoms with Gasteiger partial charge in [0, 0.05) is 20.7 Å². The number of amidine groups is 1. The van der Waals surface area contributed by atoms with Crippen LogP contribution < -0.4 is 5.73 Å². The fourth-order valence-corrected chi connectivity index (χ4v) is 3.06. The van der Waals surface area contributed by atoms with Crippen LogP contribution in [0.3, 0.4) is 0 Å². The van der Waals surface area contributed by atoms with Crippen LogP contribution in [0.1, 0.15) is 11.1 Å². The summed E-state index contributed by atoms with van der Waals surface area (Å²) in [7, 11) is 0. The van der Waals surface area contributed by atoms with Gasteiger partial charge in [0.1, 0.15) is 5.84 Å². The molecule has 0 radical (unpaired) electrons. The minimum atomic E-state index is 0.114. The summed E-state index contributed by atoms with van der Waals surface area (Å²) in [6.45, 7) is 0. The zero-order valence-electron chi connectivity index (χ0n) is 9.69. The maximum Gasteiger partial charge on any atom is 0.122 e. The average Bonchev–Trinajstić information content (AvgIpc) is 2.38. The molecule has 2 nitrogen and oxygen atoms in total. The van der Waals surface area contributed by atoms with Crippen LogP contribution in [0.5, 0.6) is 0 Å². The summed E-state index contributed by atoms with van der Waals surface area (Å²) in [4.78, 5) is 1.21. The first-order chi connectivity index (χ1) is 8.66. The molecule has 0 spiro atoms. The Morgan fingerprint density at radius 2 is 1.94 bits per heavy atom. The van der Waals surface area contributed by atoms with E-state index in [0.29, 0.717) is 0 Å². The zero-order chi connectivity index (χ0) is 13.0. The highest BCUT2D eigenvalue weighted by Crippen LogP contribution is 2.29. The smallest absolute Gasteiger partial charge is 0.122 e. The zero-order valence-corrected chi connectivity index (χ0v) is 12.1. The van der Waals surface area contributed by atoms with E-state index in [1.807, 2.05) is 36.4 Å². The van der Waals surface area contributed by atoms with E-state index in [-0.39, 0.29) is 5.84 Å². The van der Waals surface area contributed by atoms with E-state index in [0.717, 1.165) is 15.8 Å². The third-order valence-electron chi connectivity index (χ3n) is 2.47. The highest BCUT2D eigenvalue weighted by atomic mass is 79.9. The molecule has 18 heavy (non-hydrogen) atoms. The molecule has 0 atom stereocenters. The van der Waals surface area contributed by atoms with Crippen molar-refractivity contribution in [2.45, 2.75) is 10.6 Å². The van der Waals surface area contributed by atoms with Crippen LogP contribution >= 0.6 is 27.7 Å². The van der Waals surface area contributed by atoms with Gasteiger partial charge in [-0.2, -0.15) is 0 Å². The molecule has 3 N–H and O–H groups in total. The fourth-order valence-electron chi connectivity index (χ4n) is 1.55. The number of benzene rings is 2. The molecular weight excluding hydrogens is 308 g/mol. The Morgan fingerprint density at radius 1 is 1.17 bits per heavy atom. The molecule has 0 saturated carbocycles. The summed E-state index contributed by atoms with van der Waals surface area (Å²) in [5.41, 5.74) is 7.43. The van der Waals surface area contributed by atoms with Gasteiger partial charge in [0.2, 0.25) is 0 Å². The highest BCUT2D eigenvalue weighted by Gasteiger charge is 2.02. The summed E-state index contributed by atoms with van der Waals surface area (Å²) in [5.74, 6) is 0.978. The van der Waals surface area contributed by atoms with Gasteiger partial charge >= 0.3 is 0 Å². The summed E-state index contributed by atoms with van der Waals surface area (Å²) >= 11 is 5.29. The quantitative estimate of drug-likeness (QED) is 0.507. The second-order valence-corrected chi connectivity index (χ2v) is 5.70. The SMILES string of the molecule is N=C(N)c1cccc(CSc2ccccc2Br)c1. The predicted molar refractivity (Wildman–Crippen MR) is 81.2 cm³/mol. The van der Waals surface area contributed by atoms with Gasteiger partial charge in [0.15, 0.2) is 0 Å². The van der Waals surface area contributed by atoms with Crippen LogP contribution in [0.2, 0.25) is 0 Å². The van der Waals surface area contributed by atoms with Crippen molar-refractivity contribution >= 4 is 33.5 Å². The molecular formula is C14H13BrN2S. The minimum absolute atomic E-state index is 0.114. The van der Waals surface area contributed by atoms with Crippen LogP contribution in [0.4, 0.5) is 0 Å². The summed E-state index contributed by atoms with van der Waals surface area (Å²) in [6.07, 6.45) is 0. The van der Waals surface area contributed by atoms with E-state index in [1.54, 1.807) is 11.8 Å². The van der Waals surface area contributed by atoms with Gasteiger partial charge in [-0.3, -0.25) is 5.41 Å². The Morgan fingerprint density at radius 3 is 2.67 bits per heavy atom. The lowest BCUT2D eigenvalue weighted by Crippen LogP contribution is -2.10. The lowest BCUT2D eigenvalue weighted by atomic mass is 10.1. The van der Waals surface area contributed by atoms with E-state index in [1.165, 1.54) is 10.5 Å². The largest absolute Gasteiger partial charge is 0.384 e. The monoisotopic (exact) mass is 320 g/mol. The Bertz CT molecular complexity index is 569. The molecule has 0 aromatic heterocycles. The predicted octanol–water partition coefficient (Wildman–Crippen LogP) is 4.03. The number of nitrogens with two attached hydrogens (primary N) is 1. The van der Waals surface area contributed by atoms with Crippen molar-refractivity contribution in [3.05, 3.63) is 64.1 Å². The minimum Gasteiger partial charge on any atom is -0.384 e. The van der Waals surface area contributed by atoms with Crippen LogP contribution in [-0.4, -0.2) is 5.84 Å². The average molecular weight is 321 g/mol. The van der Waals surface area contributed by atoms with Crippen molar-refractivity contribution in [3.8, 4) is 0 Å². The van der Waals surface area contributed by atoms with E-state index >= 15 is 0 Å². The molecule has 0 amide bonds. The highest BCUT2D eigenvalue weighted by molar-refractivity contribution is 9.10. The molecule has 2 rings (SSSR count). The lowest BCUT2D eigenvalue weighted by Gasteiger charge is -2.06. The van der Waals surface area contributed by atoms with E-state index in [4.69, 9.17) is 11.1 Å². The number of hydrogen-bond acceptors (Lipinski definition) is 2. The molecule has 0 aliphatic rings. The summed E-state index contributed by atoms with van der Waals surface area (Å²) in [6, 6.07) is 16.0. The molecule has 92 valence electrons. The van der Waals surface area contributed by atoms with Crippen molar-refractivity contribution in [3.63, 3.8) is 0 Å². The molecule has 0 unspecified atom stereocenters. The van der Waals surface area contributed by atoms with Gasteiger partial charge in [-0.25, -0.2) is 0 Å². The van der Waals surface area contributed by atoms with E-state index in [9.17, 15) is 0 Å². The molecule has 0 bridgehead atoms. The number of nitrogen functional groups attached to an aromatic ring is 1. The number of hydrogen-bond donors (Lipinski definition) is 2. The standard InChI is InChI=1S/C14H13BrN2S/c15-12-6-1-2-7-13(12)18-9-10-4-3-5-11(8-10)14(16)17/h1-8H,9H2,(H3,16,17). The Balaban J connectivity index is 2.09. The third kappa shape index (κ3) is 3.37. The van der Waals surface area contributed by atoms with Crippen molar-refractivity contribution in [1.29, 1.82) is 5.41 Å². The summed E-state index contributed by atoms with van der Waals surface area (Å²) in [5, 5.41) is 7.43. The first-order valence-corrected chi connectivity index (χ1v) is 7.25. The molecule has 2 aromatic rings. The molecule has 0 saturated heterocycles. The number of thioether (sulfide) groups is 1. The van der Waals surface area contributed by atoms with Gasteiger partial charge in [-0.05, 0) is 39.7 Å². The molecule has 4 heteroatoms. The van der Waals surface area contributed by atoms with Crippen molar-refractivity contribution < 1.29 is 0 Å². The Kier molecular flexibility index (Phi) is 4.44. The molecule has 0 fully saturated rings. The van der Waals surface area contributed by atoms with Gasteiger partial charge in [-0.1, -0.05) is 30.3 Å². The van der Waals surface area contributed by atoms with Crippen molar-refractivity contribution in [1.82, 2.24) is 0 Å². The summed E-state index contributed by atoms with van der Waals surface area (Å²) < 4.78 is 1.11. The molecule has 0 aliphatic carbocycles. The normalized spacial score (nSPS) is 10.3. The van der Waals surface area contributed by atoms with Gasteiger partial charge in [0.05, 0.1) is 0 Å². The van der Waals surface area contributed by atoms with Crippen molar-refractivity contribution in [2.24, 2.45) is 5.73 Å². The van der Waals surface area contributed by atoms with Crippen LogP contribution in [0.25, 0.3) is 0 Å². The first kappa shape index (κ1) is 13.2. The third-order valence-corrected chi connectivity index (χ3v) is 4.57. The van der Waals surface area contributed by atoms with Crippen LogP contribution in [-0.2, 0) is 5.75 Å². The van der Waals surface area contributed by atoms with Crippen molar-refractivity contribution in [2.75, 3.05) is 0 Å². The first-order valence-electron chi connectivity index (χ1n) is 5.47. The maximum atomic E-state index is 7.43. The fraction of sp³-hybridized carbons (Fsp3) is 0.0714. The Labute approximate surface area is 119 Å². The second-order valence-electron chi connectivity index (χ2n) is 3.83. The van der Waals surface area contributed by atoms with Crippen LogP contribution in [0, 0.1) is 5.41 Å². The Hall–Kier alpha value is -1.26. The second kappa shape index (κ2) is 6.07. The molecule has 2 aromatic carbocycles. The lowest BCUT2D eigenvalue weighted by molar-refractivity contribution is 1.34. The maximum absolute atomic E-state index is 7.43. The van der Waals surface area contributed by atoms with E-state index in [2.05, 4.69) is 28.1 Å². The van der Waals surface area contributed by atoms with Gasteiger partial charge in [0.25, 0.3) is 0 Å². The van der Waals surface area contributed by atoms with E-state index < -0.39 is 0 Å². The number of halogens is 1. The van der Waals surface area contributed by atoms with Gasteiger partial charge in [-0.15, -0.1) is 11.8 Å². The molecule has 0 aliphatic heterocycles. The number of nitrogens with one attached hydrogen (secondary N) is 1. The molecule has 0 heterocycles. The number of rotatable bonds is 4.